The van der Waals surface area contributed by atoms with Gasteiger partial charge in [-0.2, -0.15) is 4.31 Å². The Bertz CT molecular complexity index is 950. The number of amides is 1. The number of nitrogens with zero attached hydrogens (tertiary/aromatic N) is 2. The highest BCUT2D eigenvalue weighted by atomic mass is 35.5. The Balaban J connectivity index is 1.71. The van der Waals surface area contributed by atoms with Crippen molar-refractivity contribution in [2.45, 2.75) is 24.3 Å². The molecule has 8 heteroatoms. The smallest absolute Gasteiger partial charge is 0.243 e. The highest BCUT2D eigenvalue weighted by Gasteiger charge is 2.34. The Morgan fingerprint density at radius 2 is 1.89 bits per heavy atom. The van der Waals surface area contributed by atoms with Crippen molar-refractivity contribution in [1.82, 2.24) is 9.21 Å². The van der Waals surface area contributed by atoms with E-state index in [0.717, 1.165) is 0 Å². The summed E-state index contributed by atoms with van der Waals surface area (Å²) in [5.74, 6) is -0.996. The molecular weight excluding hydrogens is 403 g/mol. The second kappa shape index (κ2) is 8.59. The van der Waals surface area contributed by atoms with Gasteiger partial charge in [0.2, 0.25) is 15.9 Å². The number of hydrogen-bond acceptors (Lipinski definition) is 3. The molecule has 1 amide bonds. The number of benzene rings is 2. The predicted molar refractivity (Wildman–Crippen MR) is 106 cm³/mol. The minimum Gasteiger partial charge on any atom is -0.341 e. The number of sulfonamides is 1. The summed E-state index contributed by atoms with van der Waals surface area (Å²) >= 11 is 5.84. The molecule has 150 valence electrons. The first-order chi connectivity index (χ1) is 13.3. The van der Waals surface area contributed by atoms with E-state index in [0.29, 0.717) is 30.0 Å². The van der Waals surface area contributed by atoms with Gasteiger partial charge in [0.15, 0.2) is 0 Å². The van der Waals surface area contributed by atoms with E-state index in [-0.39, 0.29) is 29.7 Å². The minimum absolute atomic E-state index is 0.116. The summed E-state index contributed by atoms with van der Waals surface area (Å²) in [5.41, 5.74) is 0.430. The molecule has 1 fully saturated rings. The minimum atomic E-state index is -3.69. The highest BCUT2D eigenvalue weighted by Crippen LogP contribution is 2.26. The van der Waals surface area contributed by atoms with Gasteiger partial charge in [-0.3, -0.25) is 4.79 Å². The third-order valence-corrected chi connectivity index (χ3v) is 7.06. The third kappa shape index (κ3) is 4.54. The van der Waals surface area contributed by atoms with E-state index in [2.05, 4.69) is 0 Å². The standard InChI is InChI=1S/C20H22ClFN2O3S/c1-23(13-15-5-2-3-7-19(15)22)20(25)16-6-4-12-24(14-16)28(26,27)18-10-8-17(21)9-11-18/h2-3,5,7-11,16H,4,6,12-14H2,1H3. The normalized spacial score (nSPS) is 18.0. The van der Waals surface area contributed by atoms with Crippen LogP contribution in [0.5, 0.6) is 0 Å². The lowest BCUT2D eigenvalue weighted by Crippen LogP contribution is -2.45. The van der Waals surface area contributed by atoms with E-state index in [4.69, 9.17) is 11.6 Å². The van der Waals surface area contributed by atoms with Gasteiger partial charge in [-0.05, 0) is 43.2 Å². The van der Waals surface area contributed by atoms with Gasteiger partial charge in [0, 0.05) is 37.3 Å². The average molecular weight is 425 g/mol. The van der Waals surface area contributed by atoms with Crippen molar-refractivity contribution in [1.29, 1.82) is 0 Å². The van der Waals surface area contributed by atoms with Gasteiger partial charge in [0.05, 0.1) is 10.8 Å². The molecule has 0 N–H and O–H groups in total. The van der Waals surface area contributed by atoms with Gasteiger partial charge in [0.25, 0.3) is 0 Å². The van der Waals surface area contributed by atoms with Crippen LogP contribution in [0.2, 0.25) is 5.02 Å². The summed E-state index contributed by atoms with van der Waals surface area (Å²) in [6.45, 7) is 0.628. The van der Waals surface area contributed by atoms with Crippen LogP contribution >= 0.6 is 11.6 Å². The van der Waals surface area contributed by atoms with Crippen LogP contribution in [-0.2, 0) is 21.4 Å². The molecule has 0 saturated carbocycles. The summed E-state index contributed by atoms with van der Waals surface area (Å²) in [5, 5.41) is 0.459. The van der Waals surface area contributed by atoms with Crippen molar-refractivity contribution in [2.75, 3.05) is 20.1 Å². The number of halogens is 2. The Morgan fingerprint density at radius 3 is 2.57 bits per heavy atom. The van der Waals surface area contributed by atoms with Gasteiger partial charge in [-0.15, -0.1) is 0 Å². The van der Waals surface area contributed by atoms with Crippen LogP contribution in [0.25, 0.3) is 0 Å². The summed E-state index contributed by atoms with van der Waals surface area (Å²) in [4.78, 5) is 14.4. The van der Waals surface area contributed by atoms with Gasteiger partial charge >= 0.3 is 0 Å². The van der Waals surface area contributed by atoms with Gasteiger partial charge in [-0.1, -0.05) is 29.8 Å². The quantitative estimate of drug-likeness (QED) is 0.737. The monoisotopic (exact) mass is 424 g/mol. The van der Waals surface area contributed by atoms with Crippen molar-refractivity contribution in [3.63, 3.8) is 0 Å². The maximum Gasteiger partial charge on any atom is 0.243 e. The maximum atomic E-state index is 13.9. The van der Waals surface area contributed by atoms with Crippen molar-refractivity contribution in [2.24, 2.45) is 5.92 Å². The molecule has 0 bridgehead atoms. The van der Waals surface area contributed by atoms with Crippen molar-refractivity contribution in [3.05, 3.63) is 64.9 Å². The van der Waals surface area contributed by atoms with E-state index in [9.17, 15) is 17.6 Å². The van der Waals surface area contributed by atoms with E-state index in [1.165, 1.54) is 39.5 Å². The number of piperidine rings is 1. The molecule has 1 heterocycles. The average Bonchev–Trinajstić information content (AvgIpc) is 2.69. The fraction of sp³-hybridized carbons (Fsp3) is 0.350. The number of hydrogen-bond donors (Lipinski definition) is 0. The first-order valence-electron chi connectivity index (χ1n) is 9.03. The van der Waals surface area contributed by atoms with Crippen LogP contribution in [0.3, 0.4) is 0 Å². The molecule has 0 radical (unpaired) electrons. The van der Waals surface area contributed by atoms with Crippen LogP contribution in [0.4, 0.5) is 4.39 Å². The first-order valence-corrected chi connectivity index (χ1v) is 10.8. The van der Waals surface area contributed by atoms with Gasteiger partial charge < -0.3 is 4.90 Å². The van der Waals surface area contributed by atoms with Crippen LogP contribution in [0, 0.1) is 11.7 Å². The van der Waals surface area contributed by atoms with Crippen LogP contribution in [0.1, 0.15) is 18.4 Å². The van der Waals surface area contributed by atoms with Gasteiger partial charge in [0.1, 0.15) is 5.82 Å². The number of carbonyl (C=O) groups is 1. The second-order valence-corrected chi connectivity index (χ2v) is 9.32. The maximum absolute atomic E-state index is 13.9. The van der Waals surface area contributed by atoms with E-state index in [1.807, 2.05) is 0 Å². The molecule has 2 aromatic rings. The van der Waals surface area contributed by atoms with Crippen LogP contribution in [0.15, 0.2) is 53.4 Å². The molecule has 1 aliphatic heterocycles. The molecule has 0 aliphatic carbocycles. The predicted octanol–water partition coefficient (Wildman–Crippen LogP) is 3.54. The topological polar surface area (TPSA) is 57.7 Å². The fourth-order valence-corrected chi connectivity index (χ4v) is 5.04. The molecule has 0 spiro atoms. The molecule has 28 heavy (non-hydrogen) atoms. The zero-order chi connectivity index (χ0) is 20.3. The molecule has 1 aliphatic rings. The SMILES string of the molecule is CN(Cc1ccccc1F)C(=O)C1CCCN(S(=O)(=O)c2ccc(Cl)cc2)C1. The first kappa shape index (κ1) is 20.8. The second-order valence-electron chi connectivity index (χ2n) is 6.94. The lowest BCUT2D eigenvalue weighted by atomic mass is 9.98. The third-order valence-electron chi connectivity index (χ3n) is 4.93. The molecule has 3 rings (SSSR count). The Morgan fingerprint density at radius 1 is 1.21 bits per heavy atom. The summed E-state index contributed by atoms with van der Waals surface area (Å²) in [7, 11) is -2.08. The highest BCUT2D eigenvalue weighted by molar-refractivity contribution is 7.89. The van der Waals surface area contributed by atoms with Crippen molar-refractivity contribution >= 4 is 27.5 Å². The number of rotatable bonds is 5. The van der Waals surface area contributed by atoms with E-state index >= 15 is 0 Å². The van der Waals surface area contributed by atoms with Crippen molar-refractivity contribution in [3.8, 4) is 0 Å². The molecule has 1 unspecified atom stereocenters. The van der Waals surface area contributed by atoms with Gasteiger partial charge in [-0.25, -0.2) is 12.8 Å². The van der Waals surface area contributed by atoms with Crippen LogP contribution in [-0.4, -0.2) is 43.7 Å². The summed E-state index contributed by atoms with van der Waals surface area (Å²) in [6.07, 6.45) is 1.20. The Labute approximate surface area is 169 Å². The lowest BCUT2D eigenvalue weighted by Gasteiger charge is -2.33. The molecule has 1 saturated heterocycles. The number of carbonyl (C=O) groups excluding carboxylic acids is 1. The van der Waals surface area contributed by atoms with Crippen molar-refractivity contribution < 1.29 is 17.6 Å². The summed E-state index contributed by atoms with van der Waals surface area (Å²) in [6, 6.07) is 12.3. The Kier molecular flexibility index (Phi) is 6.37. The molecular formula is C20H22ClFN2O3S. The van der Waals surface area contributed by atoms with E-state index in [1.54, 1.807) is 25.2 Å². The zero-order valence-electron chi connectivity index (χ0n) is 15.5. The van der Waals surface area contributed by atoms with E-state index < -0.39 is 15.9 Å². The molecule has 5 nitrogen and oxygen atoms in total. The summed E-state index contributed by atoms with van der Waals surface area (Å²) < 4.78 is 41.0. The zero-order valence-corrected chi connectivity index (χ0v) is 17.1. The molecule has 1 atom stereocenters. The largest absolute Gasteiger partial charge is 0.341 e. The lowest BCUT2D eigenvalue weighted by molar-refractivity contribution is -0.135. The molecule has 2 aromatic carbocycles. The fourth-order valence-electron chi connectivity index (χ4n) is 3.39. The molecule has 0 aromatic heterocycles. The van der Waals surface area contributed by atoms with Crippen LogP contribution < -0.4 is 0 Å². The Hall–Kier alpha value is -1.96.